The number of hydrogen-bond donors (Lipinski definition) is 2. The zero-order chi connectivity index (χ0) is 13.6. The number of hydrazone groups is 1. The summed E-state index contributed by atoms with van der Waals surface area (Å²) < 4.78 is 0. The smallest absolute Gasteiger partial charge is 0.157 e. The van der Waals surface area contributed by atoms with E-state index in [0.717, 1.165) is 29.5 Å². The van der Waals surface area contributed by atoms with E-state index < -0.39 is 0 Å². The van der Waals surface area contributed by atoms with Gasteiger partial charge in [0.05, 0.1) is 5.69 Å². The first-order valence-electron chi connectivity index (χ1n) is 6.85. The molecule has 0 aromatic heterocycles. The number of fused-ring (bicyclic) bond motifs is 2. The van der Waals surface area contributed by atoms with E-state index in [1.54, 1.807) is 0 Å². The average molecular weight is 261 g/mol. The van der Waals surface area contributed by atoms with E-state index in [2.05, 4.69) is 12.0 Å². The van der Waals surface area contributed by atoms with Gasteiger partial charge in [0.2, 0.25) is 0 Å². The van der Waals surface area contributed by atoms with Gasteiger partial charge in [-0.15, -0.1) is 10.3 Å². The van der Waals surface area contributed by atoms with E-state index in [0.29, 0.717) is 29.5 Å². The fourth-order valence-electron chi connectivity index (χ4n) is 2.92. The van der Waals surface area contributed by atoms with E-state index in [1.807, 2.05) is 19.1 Å². The van der Waals surface area contributed by atoms with Crippen molar-refractivity contribution in [3.8, 4) is 0 Å². The van der Waals surface area contributed by atoms with Gasteiger partial charge in [-0.25, -0.2) is 5.06 Å². The summed E-state index contributed by atoms with van der Waals surface area (Å²) in [6.07, 6.45) is 3.81. The minimum absolute atomic E-state index is 0.444. The Morgan fingerprint density at radius 1 is 1.16 bits per heavy atom. The Balaban J connectivity index is 2.04. The van der Waals surface area contributed by atoms with Crippen LogP contribution < -0.4 is 10.2 Å². The molecule has 0 saturated carbocycles. The van der Waals surface area contributed by atoms with E-state index in [4.69, 9.17) is 0 Å². The molecule has 0 bridgehead atoms. The van der Waals surface area contributed by atoms with Gasteiger partial charge in [-0.2, -0.15) is 0 Å². The predicted octanol–water partition coefficient (Wildman–Crippen LogP) is 2.94. The molecule has 19 heavy (non-hydrogen) atoms. The fourth-order valence-corrected chi connectivity index (χ4v) is 2.92. The summed E-state index contributed by atoms with van der Waals surface area (Å²) in [6.45, 7) is 4.09. The van der Waals surface area contributed by atoms with Gasteiger partial charge in [0.25, 0.3) is 0 Å². The van der Waals surface area contributed by atoms with Crippen LogP contribution in [0.25, 0.3) is 0 Å². The van der Waals surface area contributed by atoms with E-state index in [9.17, 15) is 10.4 Å². The molecule has 0 fully saturated rings. The number of hydrogen-bond acceptors (Lipinski definition) is 5. The Hall–Kier alpha value is -1.59. The molecular formula is C14H19N3O2. The summed E-state index contributed by atoms with van der Waals surface area (Å²) in [7, 11) is 0. The summed E-state index contributed by atoms with van der Waals surface area (Å²) in [4.78, 5) is 0. The maximum absolute atomic E-state index is 10.2. The van der Waals surface area contributed by atoms with Crippen LogP contribution in [-0.4, -0.2) is 16.3 Å². The quantitative estimate of drug-likeness (QED) is 0.859. The fraction of sp³-hybridized carbons (Fsp3) is 0.500. The zero-order valence-electron chi connectivity index (χ0n) is 11.3. The maximum Gasteiger partial charge on any atom is 0.157 e. The van der Waals surface area contributed by atoms with Gasteiger partial charge < -0.3 is 0 Å². The van der Waals surface area contributed by atoms with Crippen molar-refractivity contribution in [1.29, 1.82) is 0 Å². The van der Waals surface area contributed by atoms with Gasteiger partial charge in [0.1, 0.15) is 5.69 Å². The predicted molar refractivity (Wildman–Crippen MR) is 73.9 cm³/mol. The zero-order valence-corrected chi connectivity index (χ0v) is 11.3. The number of nitrogens with zero attached hydrogens (tertiary/aromatic N) is 3. The highest BCUT2D eigenvalue weighted by atomic mass is 16.5. The van der Waals surface area contributed by atoms with Crippen LogP contribution in [0.1, 0.15) is 37.8 Å². The Morgan fingerprint density at radius 2 is 1.79 bits per heavy atom. The Bertz CT molecular complexity index is 542. The van der Waals surface area contributed by atoms with Gasteiger partial charge >= 0.3 is 0 Å². The largest absolute Gasteiger partial charge is 0.282 e. The molecule has 1 atom stereocenters. The number of anilines is 2. The molecule has 1 unspecified atom stereocenters. The van der Waals surface area contributed by atoms with Crippen LogP contribution in [0.4, 0.5) is 11.4 Å². The molecule has 1 aliphatic carbocycles. The van der Waals surface area contributed by atoms with Crippen molar-refractivity contribution in [1.82, 2.24) is 0 Å². The third kappa shape index (κ3) is 1.89. The molecule has 2 aliphatic rings. The third-order valence-electron chi connectivity index (χ3n) is 4.11. The number of amidine groups is 1. The molecular weight excluding hydrogens is 242 g/mol. The lowest BCUT2D eigenvalue weighted by molar-refractivity contribution is 0.244. The molecule has 0 radical (unpaired) electrons. The van der Waals surface area contributed by atoms with Crippen molar-refractivity contribution in [2.24, 2.45) is 11.0 Å². The van der Waals surface area contributed by atoms with Crippen molar-refractivity contribution in [3.05, 3.63) is 23.3 Å². The van der Waals surface area contributed by atoms with Gasteiger partial charge in [-0.3, -0.25) is 10.4 Å². The lowest BCUT2D eigenvalue weighted by atomic mass is 10.0. The molecule has 102 valence electrons. The van der Waals surface area contributed by atoms with Crippen LogP contribution in [0.5, 0.6) is 0 Å². The SMILES string of the molecule is CCC1=NN(O)c2cc3c(cc2N1O)CC(CC)C3. The summed E-state index contributed by atoms with van der Waals surface area (Å²) >= 11 is 0. The second-order valence-corrected chi connectivity index (χ2v) is 5.26. The number of rotatable bonds is 2. The minimum atomic E-state index is 0.444. The molecule has 5 heteroatoms. The lowest BCUT2D eigenvalue weighted by Crippen LogP contribution is -2.35. The second kappa shape index (κ2) is 4.51. The first-order chi connectivity index (χ1) is 9.13. The van der Waals surface area contributed by atoms with Crippen LogP contribution in [0.2, 0.25) is 0 Å². The van der Waals surface area contributed by atoms with Gasteiger partial charge in [-0.1, -0.05) is 20.3 Å². The van der Waals surface area contributed by atoms with Crippen LogP contribution in [0.3, 0.4) is 0 Å². The molecule has 1 aromatic carbocycles. The molecule has 1 heterocycles. The van der Waals surface area contributed by atoms with E-state index in [-0.39, 0.29) is 0 Å². The second-order valence-electron chi connectivity index (χ2n) is 5.26. The van der Waals surface area contributed by atoms with Crippen molar-refractivity contribution in [3.63, 3.8) is 0 Å². The monoisotopic (exact) mass is 261 g/mol. The Morgan fingerprint density at radius 3 is 2.37 bits per heavy atom. The summed E-state index contributed by atoms with van der Waals surface area (Å²) in [6, 6.07) is 3.92. The minimum Gasteiger partial charge on any atom is -0.282 e. The summed E-state index contributed by atoms with van der Waals surface area (Å²) in [5.74, 6) is 1.12. The lowest BCUT2D eigenvalue weighted by Gasteiger charge is -2.29. The summed E-state index contributed by atoms with van der Waals surface area (Å²) in [5.41, 5.74) is 3.70. The van der Waals surface area contributed by atoms with Gasteiger partial charge in [0.15, 0.2) is 5.84 Å². The Labute approximate surface area is 112 Å². The molecule has 5 nitrogen and oxygen atoms in total. The molecule has 0 spiro atoms. The van der Waals surface area contributed by atoms with Crippen LogP contribution in [-0.2, 0) is 12.8 Å². The average Bonchev–Trinajstić information content (AvgIpc) is 2.83. The molecule has 3 rings (SSSR count). The molecule has 1 aromatic rings. The van der Waals surface area contributed by atoms with Gasteiger partial charge in [-0.05, 0) is 42.0 Å². The van der Waals surface area contributed by atoms with Crippen molar-refractivity contribution in [2.45, 2.75) is 39.5 Å². The van der Waals surface area contributed by atoms with Crippen LogP contribution in [0.15, 0.2) is 17.2 Å². The van der Waals surface area contributed by atoms with Crippen LogP contribution in [0, 0.1) is 5.92 Å². The van der Waals surface area contributed by atoms with E-state index in [1.165, 1.54) is 11.1 Å². The summed E-state index contributed by atoms with van der Waals surface area (Å²) in [5, 5.41) is 26.0. The molecule has 0 amide bonds. The third-order valence-corrected chi connectivity index (χ3v) is 4.11. The highest BCUT2D eigenvalue weighted by molar-refractivity contribution is 6.01. The highest BCUT2D eigenvalue weighted by Crippen LogP contribution is 2.39. The topological polar surface area (TPSA) is 59.3 Å². The normalized spacial score (nSPS) is 21.3. The molecule has 1 aliphatic heterocycles. The molecule has 2 N–H and O–H groups in total. The standard InChI is InChI=1S/C14H19N3O2/c1-3-9-5-10-7-12-13(8-11(10)6-9)17(19)15-14(4-2)16(12)18/h7-9,18-19H,3-6H2,1-2H3. The molecule has 0 saturated heterocycles. The first-order valence-corrected chi connectivity index (χ1v) is 6.85. The first kappa shape index (κ1) is 12.4. The number of hydroxylamine groups is 1. The highest BCUT2D eigenvalue weighted by Gasteiger charge is 2.28. The van der Waals surface area contributed by atoms with Gasteiger partial charge in [0, 0.05) is 6.42 Å². The maximum atomic E-state index is 10.2. The van der Waals surface area contributed by atoms with Crippen molar-refractivity contribution >= 4 is 17.2 Å². The van der Waals surface area contributed by atoms with Crippen molar-refractivity contribution in [2.75, 3.05) is 10.2 Å². The van der Waals surface area contributed by atoms with Crippen molar-refractivity contribution < 1.29 is 10.4 Å². The van der Waals surface area contributed by atoms with Crippen LogP contribution >= 0.6 is 0 Å². The number of benzene rings is 1. The Kier molecular flexibility index (Phi) is 2.95. The van der Waals surface area contributed by atoms with E-state index >= 15 is 0 Å².